The van der Waals surface area contributed by atoms with E-state index in [0.29, 0.717) is 0 Å². The molecule has 4 rings (SSSR count). The molecule has 0 saturated carbocycles. The fraction of sp³-hybridized carbons (Fsp3) is 0.167. The van der Waals surface area contributed by atoms with Gasteiger partial charge in [0, 0.05) is 28.0 Å². The number of benzene rings is 2. The molecule has 1 atom stereocenters. The lowest BCUT2D eigenvalue weighted by molar-refractivity contribution is 1.00. The summed E-state index contributed by atoms with van der Waals surface area (Å²) in [5, 5.41) is 6.17. The van der Waals surface area contributed by atoms with Gasteiger partial charge in [0.1, 0.15) is 0 Å². The van der Waals surface area contributed by atoms with E-state index in [0.717, 1.165) is 24.1 Å². The molecule has 1 aliphatic carbocycles. The number of rotatable bonds is 5. The first-order valence-corrected chi connectivity index (χ1v) is 9.17. The van der Waals surface area contributed by atoms with Gasteiger partial charge >= 0.3 is 0 Å². The zero-order chi connectivity index (χ0) is 17.9. The van der Waals surface area contributed by atoms with Crippen molar-refractivity contribution in [3.05, 3.63) is 94.6 Å². The highest BCUT2D eigenvalue weighted by Gasteiger charge is 2.19. The second kappa shape index (κ2) is 7.09. The zero-order valence-electron chi connectivity index (χ0n) is 15.1. The third-order valence-electron chi connectivity index (χ3n) is 5.01. The fourth-order valence-electron chi connectivity index (χ4n) is 3.55. The van der Waals surface area contributed by atoms with Crippen molar-refractivity contribution >= 4 is 23.4 Å². The lowest BCUT2D eigenvalue weighted by Gasteiger charge is -2.23. The van der Waals surface area contributed by atoms with Gasteiger partial charge in [0.25, 0.3) is 0 Å². The Balaban J connectivity index is 1.76. The summed E-state index contributed by atoms with van der Waals surface area (Å²) in [6.07, 6.45) is 8.88. The van der Waals surface area contributed by atoms with Gasteiger partial charge in [-0.3, -0.25) is 0 Å². The quantitative estimate of drug-likeness (QED) is 0.701. The van der Waals surface area contributed by atoms with Crippen LogP contribution in [-0.2, 0) is 0 Å². The highest BCUT2D eigenvalue weighted by molar-refractivity contribution is 5.73. The minimum atomic E-state index is 0.0215. The summed E-state index contributed by atoms with van der Waals surface area (Å²) in [6, 6.07) is 19.1. The Kier molecular flexibility index (Phi) is 4.49. The minimum Gasteiger partial charge on any atom is -0.374 e. The number of aromatic nitrogens is 1. The topological polar surface area (TPSA) is 27.8 Å². The van der Waals surface area contributed by atoms with Gasteiger partial charge in [0.2, 0.25) is 0 Å². The highest BCUT2D eigenvalue weighted by atomic mass is 14.9. The summed E-state index contributed by atoms with van der Waals surface area (Å²) >= 11 is 0. The molecule has 2 N–H and O–H groups in total. The maximum absolute atomic E-state index is 4.48. The van der Waals surface area contributed by atoms with Crippen LogP contribution in [0.5, 0.6) is 0 Å². The molecule has 0 radical (unpaired) electrons. The summed E-state index contributed by atoms with van der Waals surface area (Å²) in [4.78, 5) is 3.41. The van der Waals surface area contributed by atoms with E-state index in [1.165, 1.54) is 27.3 Å². The highest BCUT2D eigenvalue weighted by Crippen LogP contribution is 2.30. The van der Waals surface area contributed by atoms with Crippen molar-refractivity contribution in [1.82, 2.24) is 4.98 Å². The van der Waals surface area contributed by atoms with E-state index in [1.807, 2.05) is 6.07 Å². The Hall–Kier alpha value is -3.00. The number of anilines is 1. The predicted molar refractivity (Wildman–Crippen MR) is 111 cm³/mol. The molecule has 1 aromatic heterocycles. The monoisotopic (exact) mass is 340 g/mol. The number of H-pyrrole nitrogens is 1. The lowest BCUT2D eigenvalue weighted by Crippen LogP contribution is -2.28. The van der Waals surface area contributed by atoms with Gasteiger partial charge in [-0.2, -0.15) is 0 Å². The SMILES string of the molecule is C=C(c1c[nH]c2c1=CCCC=2)C(Nc1ccccc1)c1ccc(C)cc1. The van der Waals surface area contributed by atoms with Gasteiger partial charge in [-0.25, -0.2) is 0 Å². The van der Waals surface area contributed by atoms with Crippen LogP contribution in [0.1, 0.15) is 35.6 Å². The molecule has 1 heterocycles. The van der Waals surface area contributed by atoms with Gasteiger partial charge in [0.15, 0.2) is 0 Å². The second-order valence-electron chi connectivity index (χ2n) is 6.89. The molecule has 130 valence electrons. The summed E-state index contributed by atoms with van der Waals surface area (Å²) < 4.78 is 0. The Morgan fingerprint density at radius 3 is 2.50 bits per heavy atom. The van der Waals surface area contributed by atoms with Crippen LogP contribution in [0.25, 0.3) is 17.7 Å². The molecule has 0 saturated heterocycles. The second-order valence-corrected chi connectivity index (χ2v) is 6.89. The number of para-hydroxylation sites is 1. The number of hydrogen-bond donors (Lipinski definition) is 2. The Labute approximate surface area is 154 Å². The van der Waals surface area contributed by atoms with Gasteiger partial charge < -0.3 is 10.3 Å². The average Bonchev–Trinajstić information content (AvgIpc) is 3.11. The molecule has 2 nitrogen and oxygen atoms in total. The molecule has 0 fully saturated rings. The van der Waals surface area contributed by atoms with Crippen LogP contribution in [0.3, 0.4) is 0 Å². The molecule has 2 heteroatoms. The summed E-state index contributed by atoms with van der Waals surface area (Å²) in [5.41, 5.74) is 5.87. The van der Waals surface area contributed by atoms with Crippen LogP contribution in [0.4, 0.5) is 5.69 Å². The molecule has 26 heavy (non-hydrogen) atoms. The number of hydrogen-bond acceptors (Lipinski definition) is 1. The van der Waals surface area contributed by atoms with E-state index in [2.05, 4.69) is 90.7 Å². The van der Waals surface area contributed by atoms with Gasteiger partial charge in [0.05, 0.1) is 6.04 Å². The standard InChI is InChI=1S/C24H24N2/c1-17-12-14-19(15-13-17)24(26-20-8-4-3-5-9-20)18(2)22-16-25-23-11-7-6-10-21(22)23/h3-5,8-16,24-26H,2,6-7H2,1H3. The maximum atomic E-state index is 4.48. The fourth-order valence-corrected chi connectivity index (χ4v) is 3.55. The van der Waals surface area contributed by atoms with Crippen molar-refractivity contribution in [3.63, 3.8) is 0 Å². The Morgan fingerprint density at radius 1 is 1.00 bits per heavy atom. The smallest absolute Gasteiger partial charge is 0.0768 e. The summed E-state index contributed by atoms with van der Waals surface area (Å²) in [7, 11) is 0. The third kappa shape index (κ3) is 3.23. The zero-order valence-corrected chi connectivity index (χ0v) is 15.1. The Morgan fingerprint density at radius 2 is 1.73 bits per heavy atom. The number of aromatic amines is 1. The first kappa shape index (κ1) is 16.5. The molecule has 0 bridgehead atoms. The summed E-state index contributed by atoms with van der Waals surface area (Å²) in [5.74, 6) is 0. The van der Waals surface area contributed by atoms with Gasteiger partial charge in [-0.05, 0) is 43.0 Å². The molecule has 0 aliphatic heterocycles. The molecular weight excluding hydrogens is 316 g/mol. The molecular formula is C24H24N2. The van der Waals surface area contributed by atoms with Crippen LogP contribution in [-0.4, -0.2) is 4.98 Å². The van der Waals surface area contributed by atoms with Crippen molar-refractivity contribution in [1.29, 1.82) is 0 Å². The number of nitrogens with one attached hydrogen (secondary N) is 2. The van der Waals surface area contributed by atoms with Gasteiger partial charge in [-0.1, -0.05) is 66.8 Å². The van der Waals surface area contributed by atoms with E-state index in [4.69, 9.17) is 0 Å². The molecule has 1 unspecified atom stereocenters. The third-order valence-corrected chi connectivity index (χ3v) is 5.01. The average molecular weight is 340 g/mol. The lowest BCUT2D eigenvalue weighted by atomic mass is 9.93. The molecule has 0 spiro atoms. The van der Waals surface area contributed by atoms with Crippen molar-refractivity contribution in [2.75, 3.05) is 5.32 Å². The first-order chi connectivity index (χ1) is 12.7. The van der Waals surface area contributed by atoms with Crippen molar-refractivity contribution in [2.24, 2.45) is 0 Å². The molecule has 0 amide bonds. The van der Waals surface area contributed by atoms with E-state index in [9.17, 15) is 0 Å². The van der Waals surface area contributed by atoms with Crippen molar-refractivity contribution in [2.45, 2.75) is 25.8 Å². The van der Waals surface area contributed by atoms with Crippen LogP contribution < -0.4 is 15.9 Å². The normalized spacial score (nSPS) is 13.9. The van der Waals surface area contributed by atoms with Crippen LogP contribution >= 0.6 is 0 Å². The molecule has 2 aromatic carbocycles. The number of aryl methyl sites for hydroxylation is 1. The van der Waals surface area contributed by atoms with Gasteiger partial charge in [-0.15, -0.1) is 0 Å². The maximum Gasteiger partial charge on any atom is 0.0768 e. The summed E-state index contributed by atoms with van der Waals surface area (Å²) in [6.45, 7) is 6.60. The Bertz CT molecular complexity index is 1020. The number of fused-ring (bicyclic) bond motifs is 1. The van der Waals surface area contributed by atoms with E-state index < -0.39 is 0 Å². The van der Waals surface area contributed by atoms with E-state index in [-0.39, 0.29) is 6.04 Å². The molecule has 1 aliphatic rings. The largest absolute Gasteiger partial charge is 0.374 e. The van der Waals surface area contributed by atoms with Crippen LogP contribution in [0, 0.1) is 6.92 Å². The van der Waals surface area contributed by atoms with E-state index in [1.54, 1.807) is 0 Å². The van der Waals surface area contributed by atoms with Crippen molar-refractivity contribution in [3.8, 4) is 0 Å². The minimum absolute atomic E-state index is 0.0215. The molecule has 3 aromatic rings. The first-order valence-electron chi connectivity index (χ1n) is 9.17. The van der Waals surface area contributed by atoms with Crippen LogP contribution in [0.2, 0.25) is 0 Å². The van der Waals surface area contributed by atoms with Crippen molar-refractivity contribution < 1.29 is 0 Å². The van der Waals surface area contributed by atoms with Crippen LogP contribution in [0.15, 0.2) is 67.4 Å². The predicted octanol–water partition coefficient (Wildman–Crippen LogP) is 4.54. The van der Waals surface area contributed by atoms with E-state index >= 15 is 0 Å².